The number of aryl methyl sites for hydroxylation is 1. The van der Waals surface area contributed by atoms with Gasteiger partial charge in [-0.25, -0.2) is 19.7 Å². The van der Waals surface area contributed by atoms with Crippen molar-refractivity contribution in [2.24, 2.45) is 5.16 Å². The zero-order valence-corrected chi connectivity index (χ0v) is 16.9. The van der Waals surface area contributed by atoms with Crippen LogP contribution in [0.2, 0.25) is 5.02 Å². The van der Waals surface area contributed by atoms with Gasteiger partial charge in [-0.15, -0.1) is 11.3 Å². The van der Waals surface area contributed by atoms with Crippen LogP contribution in [0.15, 0.2) is 35.9 Å². The van der Waals surface area contributed by atoms with Gasteiger partial charge in [0.15, 0.2) is 5.13 Å². The lowest BCUT2D eigenvalue weighted by atomic mass is 10.3. The molecule has 3 rings (SSSR count). The number of nitrogens with zero attached hydrogens (tertiary/aromatic N) is 4. The lowest BCUT2D eigenvalue weighted by Gasteiger charge is -2.11. The van der Waals surface area contributed by atoms with E-state index < -0.39 is 6.03 Å². The Bertz CT molecular complexity index is 1060. The molecule has 150 valence electrons. The van der Waals surface area contributed by atoms with Crippen LogP contribution < -0.4 is 21.1 Å². The third kappa shape index (κ3) is 5.30. The summed E-state index contributed by atoms with van der Waals surface area (Å²) in [6.45, 7) is 1.90. The second-order valence-corrected chi connectivity index (χ2v) is 7.14. The average Bonchev–Trinajstić information content (AvgIpc) is 3.08. The summed E-state index contributed by atoms with van der Waals surface area (Å²) < 4.78 is 5.73. The predicted molar refractivity (Wildman–Crippen MR) is 112 cm³/mol. The summed E-state index contributed by atoms with van der Waals surface area (Å²) in [4.78, 5) is 29.7. The first kappa shape index (κ1) is 20.3. The Morgan fingerprint density at radius 2 is 2.14 bits per heavy atom. The number of carbonyl (C=O) groups is 1. The summed E-state index contributed by atoms with van der Waals surface area (Å²) in [5.41, 5.74) is 6.58. The molecule has 29 heavy (non-hydrogen) atoms. The maximum atomic E-state index is 12.1. The van der Waals surface area contributed by atoms with Gasteiger partial charge in [-0.1, -0.05) is 16.8 Å². The van der Waals surface area contributed by atoms with Crippen LogP contribution in [0.1, 0.15) is 10.4 Å². The molecule has 0 spiro atoms. The topological polar surface area (TPSA) is 137 Å². The summed E-state index contributed by atoms with van der Waals surface area (Å²) >= 11 is 7.63. The maximum absolute atomic E-state index is 12.1. The van der Waals surface area contributed by atoms with E-state index in [0.29, 0.717) is 22.1 Å². The number of anilines is 3. The van der Waals surface area contributed by atoms with Gasteiger partial charge in [0.2, 0.25) is 5.88 Å². The van der Waals surface area contributed by atoms with Crippen LogP contribution in [0.25, 0.3) is 0 Å². The van der Waals surface area contributed by atoms with Gasteiger partial charge >= 0.3 is 6.03 Å². The molecule has 10 nitrogen and oxygen atoms in total. The van der Waals surface area contributed by atoms with Crippen LogP contribution in [0.4, 0.5) is 21.4 Å². The Labute approximate surface area is 174 Å². The van der Waals surface area contributed by atoms with Gasteiger partial charge in [-0.3, -0.25) is 5.32 Å². The molecule has 4 N–H and O–H groups in total. The molecule has 0 aliphatic rings. The molecule has 0 aliphatic heterocycles. The number of halogens is 1. The van der Waals surface area contributed by atoms with Gasteiger partial charge in [-0.2, -0.15) is 0 Å². The van der Waals surface area contributed by atoms with Crippen LogP contribution in [-0.4, -0.2) is 34.3 Å². The van der Waals surface area contributed by atoms with E-state index in [0.717, 1.165) is 4.88 Å². The molecular weight excluding hydrogens is 418 g/mol. The number of rotatable bonds is 6. The molecule has 0 fully saturated rings. The highest BCUT2D eigenvalue weighted by Gasteiger charge is 2.13. The van der Waals surface area contributed by atoms with Crippen LogP contribution in [-0.2, 0) is 4.84 Å². The molecule has 0 atom stereocenters. The summed E-state index contributed by atoms with van der Waals surface area (Å²) in [6.07, 6.45) is 4.27. The summed E-state index contributed by atoms with van der Waals surface area (Å²) in [5.74, 6) is 0.725. The Morgan fingerprint density at radius 1 is 1.31 bits per heavy atom. The summed E-state index contributed by atoms with van der Waals surface area (Å²) in [5, 5.41) is 9.70. The van der Waals surface area contributed by atoms with Crippen molar-refractivity contribution < 1.29 is 14.4 Å². The van der Waals surface area contributed by atoms with Gasteiger partial charge in [0, 0.05) is 17.1 Å². The lowest BCUT2D eigenvalue weighted by molar-refractivity contribution is 0.215. The van der Waals surface area contributed by atoms with Crippen molar-refractivity contribution in [2.75, 3.05) is 23.5 Å². The smallest absolute Gasteiger partial charge is 0.325 e. The van der Waals surface area contributed by atoms with E-state index in [-0.39, 0.29) is 16.7 Å². The number of nitrogens with one attached hydrogen (secondary N) is 2. The van der Waals surface area contributed by atoms with Gasteiger partial charge in [0.1, 0.15) is 30.6 Å². The molecule has 0 aliphatic carbocycles. The van der Waals surface area contributed by atoms with Crippen LogP contribution in [0, 0.1) is 6.92 Å². The Kier molecular flexibility index (Phi) is 6.42. The Hall–Kier alpha value is -3.44. The minimum atomic E-state index is -0.462. The number of amides is 2. The van der Waals surface area contributed by atoms with Gasteiger partial charge in [0.25, 0.3) is 0 Å². The number of thiazole rings is 1. The fourth-order valence-electron chi connectivity index (χ4n) is 2.14. The summed E-state index contributed by atoms with van der Waals surface area (Å²) in [6, 6.07) is 4.28. The van der Waals surface area contributed by atoms with Crippen molar-refractivity contribution in [1.29, 1.82) is 0 Å². The highest BCUT2D eigenvalue weighted by molar-refractivity contribution is 7.15. The molecule has 2 aromatic heterocycles. The van der Waals surface area contributed by atoms with Gasteiger partial charge < -0.3 is 20.6 Å². The number of aromatic nitrogens is 3. The number of benzene rings is 1. The highest BCUT2D eigenvalue weighted by Crippen LogP contribution is 2.31. The number of carbonyl (C=O) groups excluding carboxylic acids is 1. The van der Waals surface area contributed by atoms with E-state index in [1.54, 1.807) is 18.3 Å². The molecule has 0 saturated heterocycles. The first-order valence-electron chi connectivity index (χ1n) is 8.11. The number of hydrogen-bond donors (Lipinski definition) is 3. The van der Waals surface area contributed by atoms with Crippen molar-refractivity contribution in [3.8, 4) is 11.6 Å². The lowest BCUT2D eigenvalue weighted by Crippen LogP contribution is -2.19. The normalized spacial score (nSPS) is 10.7. The van der Waals surface area contributed by atoms with Crippen molar-refractivity contribution in [2.45, 2.75) is 6.92 Å². The fourth-order valence-corrected chi connectivity index (χ4v) is 3.01. The molecule has 0 unspecified atom stereocenters. The van der Waals surface area contributed by atoms with E-state index in [4.69, 9.17) is 22.1 Å². The number of hydrogen-bond acceptors (Lipinski definition) is 9. The van der Waals surface area contributed by atoms with Crippen molar-refractivity contribution >= 4 is 51.8 Å². The van der Waals surface area contributed by atoms with Crippen LogP contribution in [0.5, 0.6) is 11.6 Å². The van der Waals surface area contributed by atoms with Crippen molar-refractivity contribution in [3.05, 3.63) is 46.2 Å². The average molecular weight is 434 g/mol. The quantitative estimate of drug-likeness (QED) is 0.396. The van der Waals surface area contributed by atoms with E-state index >= 15 is 0 Å². The number of nitrogens with two attached hydrogens (primary N) is 1. The molecule has 0 saturated carbocycles. The highest BCUT2D eigenvalue weighted by atomic mass is 35.5. The molecule has 0 bridgehead atoms. The molecule has 2 amide bonds. The fraction of sp³-hybridized carbons (Fsp3) is 0.118. The largest absolute Gasteiger partial charge is 0.438 e. The summed E-state index contributed by atoms with van der Waals surface area (Å²) in [7, 11) is 1.40. The van der Waals surface area contributed by atoms with E-state index in [1.165, 1.54) is 37.1 Å². The number of ether oxygens (including phenoxy) is 1. The predicted octanol–water partition coefficient (Wildman–Crippen LogP) is 3.89. The van der Waals surface area contributed by atoms with Gasteiger partial charge in [-0.05, 0) is 19.1 Å². The van der Waals surface area contributed by atoms with Crippen molar-refractivity contribution in [1.82, 2.24) is 15.0 Å². The number of oxime groups is 1. The molecule has 1 aromatic carbocycles. The molecule has 12 heteroatoms. The van der Waals surface area contributed by atoms with Crippen LogP contribution >= 0.6 is 22.9 Å². The minimum Gasteiger partial charge on any atom is -0.438 e. The van der Waals surface area contributed by atoms with E-state index in [1.807, 2.05) is 6.92 Å². The molecule has 3 aromatic rings. The monoisotopic (exact) mass is 433 g/mol. The minimum absolute atomic E-state index is 0.173. The third-order valence-electron chi connectivity index (χ3n) is 3.41. The standard InChI is InChI=1S/C17H16ClN7O3S/c1-9-6-20-17(29-9)25-16(26)24-13-4-3-10(5-12(13)18)28-15-11(7-23-27-2)14(19)21-8-22-15/h3-8H,1-2H3,(H2,19,21,22)(H2,20,24,25,26). The molecular formula is C17H16ClN7O3S. The first-order chi connectivity index (χ1) is 14.0. The Balaban J connectivity index is 1.72. The van der Waals surface area contributed by atoms with Crippen LogP contribution in [0.3, 0.4) is 0 Å². The number of urea groups is 1. The molecule has 0 radical (unpaired) electrons. The van der Waals surface area contributed by atoms with E-state index in [2.05, 4.69) is 35.6 Å². The second kappa shape index (κ2) is 9.17. The second-order valence-electron chi connectivity index (χ2n) is 5.49. The Morgan fingerprint density at radius 3 is 2.83 bits per heavy atom. The first-order valence-corrected chi connectivity index (χ1v) is 9.30. The van der Waals surface area contributed by atoms with E-state index in [9.17, 15) is 4.79 Å². The zero-order valence-electron chi connectivity index (χ0n) is 15.3. The van der Waals surface area contributed by atoms with Crippen molar-refractivity contribution in [3.63, 3.8) is 0 Å². The maximum Gasteiger partial charge on any atom is 0.325 e. The number of nitrogen functional groups attached to an aromatic ring is 1. The SMILES string of the molecule is CON=Cc1c(N)ncnc1Oc1ccc(NC(=O)Nc2ncc(C)s2)c(Cl)c1. The zero-order chi connectivity index (χ0) is 20.8. The van der Waals surface area contributed by atoms with Gasteiger partial charge in [0.05, 0.1) is 16.9 Å². The molecule has 2 heterocycles. The third-order valence-corrected chi connectivity index (χ3v) is 4.55.